The van der Waals surface area contributed by atoms with Crippen LogP contribution in [0.5, 0.6) is 0 Å². The molecule has 0 bridgehead atoms. The molecule has 0 aliphatic heterocycles. The fraction of sp³-hybridized carbons (Fsp3) is 0.318. The minimum Gasteiger partial charge on any atom is -0.451 e. The van der Waals surface area contributed by atoms with Crippen LogP contribution in [-0.2, 0) is 6.54 Å². The van der Waals surface area contributed by atoms with Gasteiger partial charge in [0.1, 0.15) is 17.4 Å². The third-order valence-corrected chi connectivity index (χ3v) is 4.87. The highest BCUT2D eigenvalue weighted by molar-refractivity contribution is 6.05. The number of carbonyl (C=O) groups excluding carboxylic acids is 1. The van der Waals surface area contributed by atoms with Crippen molar-refractivity contribution in [1.29, 1.82) is 0 Å². The molecule has 1 amide bonds. The predicted octanol–water partition coefficient (Wildman–Crippen LogP) is 3.37. The molecule has 0 fully saturated rings. The molecule has 9 heteroatoms. The molecule has 0 saturated heterocycles. The second-order valence-corrected chi connectivity index (χ2v) is 7.10. The Bertz CT molecular complexity index is 1190. The van der Waals surface area contributed by atoms with Crippen molar-refractivity contribution in [3.05, 3.63) is 68.8 Å². The van der Waals surface area contributed by atoms with E-state index in [9.17, 15) is 18.8 Å². The number of amides is 1. The molecule has 0 saturated carbocycles. The van der Waals surface area contributed by atoms with Crippen molar-refractivity contribution in [1.82, 2.24) is 9.55 Å². The maximum atomic E-state index is 14.1. The Morgan fingerprint density at radius 2 is 1.90 bits per heavy atom. The predicted molar refractivity (Wildman–Crippen MR) is 117 cm³/mol. The molecule has 3 rings (SSSR count). The molecule has 0 aliphatic rings. The minimum atomic E-state index is -0.752. The molecule has 2 aromatic heterocycles. The van der Waals surface area contributed by atoms with Gasteiger partial charge in [-0.05, 0) is 37.1 Å². The van der Waals surface area contributed by atoms with E-state index in [-0.39, 0.29) is 35.1 Å². The maximum absolute atomic E-state index is 14.1. The number of nitrogens with two attached hydrogens (primary N) is 1. The number of anilines is 2. The number of rotatable bonds is 8. The molecule has 1 aromatic carbocycles. The molecule has 0 radical (unpaired) electrons. The van der Waals surface area contributed by atoms with Gasteiger partial charge in [0.05, 0.1) is 5.56 Å². The largest absolute Gasteiger partial charge is 0.451 e. The third kappa shape index (κ3) is 4.45. The van der Waals surface area contributed by atoms with Gasteiger partial charge >= 0.3 is 5.69 Å². The first-order chi connectivity index (χ1) is 14.9. The number of aromatic nitrogens is 2. The second kappa shape index (κ2) is 9.46. The molecule has 0 aliphatic carbocycles. The summed E-state index contributed by atoms with van der Waals surface area (Å²) in [6, 6.07) is 8.96. The molecule has 3 N–H and O–H groups in total. The zero-order valence-electron chi connectivity index (χ0n) is 17.5. The SMILES string of the molecule is CCCCn1c(N)c(N(CCC)C(=O)c2ccc(-c3ccccc3F)o2)c(=O)[nH]c1=O. The smallest absolute Gasteiger partial charge is 0.330 e. The number of carbonyl (C=O) groups is 1. The molecule has 8 nitrogen and oxygen atoms in total. The van der Waals surface area contributed by atoms with Crippen LogP contribution >= 0.6 is 0 Å². The fourth-order valence-corrected chi connectivity index (χ4v) is 3.31. The van der Waals surface area contributed by atoms with Crippen molar-refractivity contribution in [2.45, 2.75) is 39.7 Å². The summed E-state index contributed by atoms with van der Waals surface area (Å²) in [6.45, 7) is 4.29. The summed E-state index contributed by atoms with van der Waals surface area (Å²) < 4.78 is 20.9. The van der Waals surface area contributed by atoms with Crippen molar-refractivity contribution in [3.63, 3.8) is 0 Å². The monoisotopic (exact) mass is 428 g/mol. The molecule has 2 heterocycles. The Kier molecular flexibility index (Phi) is 6.74. The van der Waals surface area contributed by atoms with Crippen LogP contribution in [0.3, 0.4) is 0 Å². The molecule has 3 aromatic rings. The Hall–Kier alpha value is -3.62. The normalized spacial score (nSPS) is 10.9. The van der Waals surface area contributed by atoms with E-state index in [1.54, 1.807) is 18.2 Å². The van der Waals surface area contributed by atoms with Crippen LogP contribution in [0.1, 0.15) is 43.7 Å². The van der Waals surface area contributed by atoms with Gasteiger partial charge in [-0.15, -0.1) is 0 Å². The van der Waals surface area contributed by atoms with Gasteiger partial charge in [-0.2, -0.15) is 0 Å². The summed E-state index contributed by atoms with van der Waals surface area (Å²) in [7, 11) is 0. The zero-order chi connectivity index (χ0) is 22.5. The maximum Gasteiger partial charge on any atom is 0.330 e. The number of nitrogen functional groups attached to an aromatic ring is 1. The first-order valence-corrected chi connectivity index (χ1v) is 10.2. The van der Waals surface area contributed by atoms with Crippen LogP contribution in [0.25, 0.3) is 11.3 Å². The van der Waals surface area contributed by atoms with E-state index in [0.29, 0.717) is 19.4 Å². The first-order valence-electron chi connectivity index (χ1n) is 10.2. The van der Waals surface area contributed by atoms with Crippen LogP contribution in [-0.4, -0.2) is 22.0 Å². The number of hydrogen-bond donors (Lipinski definition) is 2. The number of benzene rings is 1. The molecular weight excluding hydrogens is 403 g/mol. The lowest BCUT2D eigenvalue weighted by Gasteiger charge is -2.23. The third-order valence-electron chi connectivity index (χ3n) is 4.87. The van der Waals surface area contributed by atoms with E-state index in [1.165, 1.54) is 27.7 Å². The van der Waals surface area contributed by atoms with Gasteiger partial charge in [0.15, 0.2) is 11.4 Å². The number of nitrogens with zero attached hydrogens (tertiary/aromatic N) is 2. The summed E-state index contributed by atoms with van der Waals surface area (Å²) in [5, 5.41) is 0. The van der Waals surface area contributed by atoms with E-state index in [4.69, 9.17) is 10.2 Å². The number of furan rings is 1. The first kappa shape index (κ1) is 22.1. The van der Waals surface area contributed by atoms with Gasteiger partial charge in [0.25, 0.3) is 11.5 Å². The van der Waals surface area contributed by atoms with E-state index < -0.39 is 23.0 Å². The minimum absolute atomic E-state index is 0.0724. The number of nitrogens with one attached hydrogen (secondary N) is 1. The van der Waals surface area contributed by atoms with E-state index in [0.717, 1.165) is 6.42 Å². The average Bonchev–Trinajstić information content (AvgIpc) is 3.22. The van der Waals surface area contributed by atoms with Gasteiger partial charge < -0.3 is 10.2 Å². The molecule has 0 unspecified atom stereocenters. The number of halogens is 1. The number of aromatic amines is 1. The number of H-pyrrole nitrogens is 1. The highest BCUT2D eigenvalue weighted by atomic mass is 19.1. The van der Waals surface area contributed by atoms with Crippen LogP contribution in [0.2, 0.25) is 0 Å². The van der Waals surface area contributed by atoms with Crippen LogP contribution in [0.15, 0.2) is 50.4 Å². The van der Waals surface area contributed by atoms with Gasteiger partial charge in [-0.25, -0.2) is 9.18 Å². The molecule has 0 atom stereocenters. The average molecular weight is 428 g/mol. The van der Waals surface area contributed by atoms with E-state index in [1.807, 2.05) is 13.8 Å². The second-order valence-electron chi connectivity index (χ2n) is 7.10. The Labute approximate surface area is 178 Å². The van der Waals surface area contributed by atoms with Crippen LogP contribution in [0, 0.1) is 5.82 Å². The van der Waals surface area contributed by atoms with Crippen molar-refractivity contribution in [3.8, 4) is 11.3 Å². The van der Waals surface area contributed by atoms with Crippen LogP contribution < -0.4 is 21.9 Å². The van der Waals surface area contributed by atoms with E-state index >= 15 is 0 Å². The Balaban J connectivity index is 2.04. The zero-order valence-corrected chi connectivity index (χ0v) is 17.5. The highest BCUT2D eigenvalue weighted by Crippen LogP contribution is 2.27. The lowest BCUT2D eigenvalue weighted by Crippen LogP contribution is -2.41. The number of unbranched alkanes of at least 4 members (excludes halogenated alkanes) is 1. The van der Waals surface area contributed by atoms with Crippen molar-refractivity contribution in [2.24, 2.45) is 0 Å². The van der Waals surface area contributed by atoms with Crippen molar-refractivity contribution in [2.75, 3.05) is 17.2 Å². The standard InChI is InChI=1S/C22H25FN4O4/c1-3-5-13-27-19(24)18(20(28)25-22(27)30)26(12-4-2)21(29)17-11-10-16(31-17)14-8-6-7-9-15(14)23/h6-11H,3-5,12-13,24H2,1-2H3,(H,25,28,30). The van der Waals surface area contributed by atoms with Gasteiger partial charge in [0.2, 0.25) is 0 Å². The van der Waals surface area contributed by atoms with Gasteiger partial charge in [-0.3, -0.25) is 24.0 Å². The highest BCUT2D eigenvalue weighted by Gasteiger charge is 2.27. The molecule has 31 heavy (non-hydrogen) atoms. The van der Waals surface area contributed by atoms with Crippen LogP contribution in [0.4, 0.5) is 15.9 Å². The molecule has 164 valence electrons. The Morgan fingerprint density at radius 1 is 1.16 bits per heavy atom. The van der Waals surface area contributed by atoms with Gasteiger partial charge in [-0.1, -0.05) is 32.4 Å². The lowest BCUT2D eigenvalue weighted by molar-refractivity contribution is 0.0960. The van der Waals surface area contributed by atoms with Crippen molar-refractivity contribution >= 4 is 17.4 Å². The lowest BCUT2D eigenvalue weighted by atomic mass is 10.1. The quantitative estimate of drug-likeness (QED) is 0.571. The number of hydrogen-bond acceptors (Lipinski definition) is 5. The molecule has 0 spiro atoms. The fourth-order valence-electron chi connectivity index (χ4n) is 3.31. The summed E-state index contributed by atoms with van der Waals surface area (Å²) in [4.78, 5) is 41.4. The Morgan fingerprint density at radius 3 is 2.58 bits per heavy atom. The topological polar surface area (TPSA) is 114 Å². The van der Waals surface area contributed by atoms with E-state index in [2.05, 4.69) is 4.98 Å². The molecular formula is C22H25FN4O4. The summed E-state index contributed by atoms with van der Waals surface area (Å²) in [5.74, 6) is -1.05. The van der Waals surface area contributed by atoms with Gasteiger partial charge in [0, 0.05) is 13.1 Å². The summed E-state index contributed by atoms with van der Waals surface area (Å²) in [5.41, 5.74) is 4.90. The summed E-state index contributed by atoms with van der Waals surface area (Å²) >= 11 is 0. The summed E-state index contributed by atoms with van der Waals surface area (Å²) in [6.07, 6.45) is 2.03. The van der Waals surface area contributed by atoms with Crippen molar-refractivity contribution < 1.29 is 13.6 Å².